The summed E-state index contributed by atoms with van der Waals surface area (Å²) in [5.74, 6) is -0.822. The maximum Gasteiger partial charge on any atom is 0.187 e. The normalized spacial score (nSPS) is 23.6. The Morgan fingerprint density at radius 2 is 0.938 bits per heavy atom. The molecule has 0 aliphatic carbocycles. The summed E-state index contributed by atoms with van der Waals surface area (Å²) < 4.78 is 53.2. The fourth-order valence-electron chi connectivity index (χ4n) is 8.77. The van der Waals surface area contributed by atoms with Crippen LogP contribution < -0.4 is 0 Å². The molecule has 0 aromatic heterocycles. The first-order chi connectivity index (χ1) is 31.4. The average molecular weight is 881 g/mol. The third-order valence-electron chi connectivity index (χ3n) is 12.2. The van der Waals surface area contributed by atoms with Gasteiger partial charge in [0.2, 0.25) is 0 Å². The zero-order chi connectivity index (χ0) is 44.7. The van der Waals surface area contributed by atoms with Crippen LogP contribution in [0.25, 0.3) is 0 Å². The lowest BCUT2D eigenvalue weighted by Crippen LogP contribution is -2.62. The van der Waals surface area contributed by atoms with Crippen molar-refractivity contribution >= 4 is 0 Å². The van der Waals surface area contributed by atoms with E-state index >= 15 is 0 Å². The Kier molecular flexibility index (Phi) is 21.7. The molecule has 2 aliphatic heterocycles. The van der Waals surface area contributed by atoms with Crippen LogP contribution in [0.1, 0.15) is 126 Å². The highest BCUT2D eigenvalue weighted by molar-refractivity contribution is 5.16. The van der Waals surface area contributed by atoms with E-state index in [2.05, 4.69) is 6.92 Å². The van der Waals surface area contributed by atoms with Crippen LogP contribution in [0, 0.1) is 0 Å². The summed E-state index contributed by atoms with van der Waals surface area (Å²) in [5, 5.41) is 11.9. The van der Waals surface area contributed by atoms with Crippen LogP contribution in [0.5, 0.6) is 0 Å². The van der Waals surface area contributed by atoms with E-state index < -0.39 is 48.7 Å². The molecule has 9 nitrogen and oxygen atoms in total. The Bertz CT molecular complexity index is 1780. The predicted molar refractivity (Wildman–Crippen MR) is 251 cm³/mol. The first-order valence-electron chi connectivity index (χ1n) is 24.3. The summed E-state index contributed by atoms with van der Waals surface area (Å²) >= 11 is 0. The van der Waals surface area contributed by atoms with Crippen molar-refractivity contribution in [1.82, 2.24) is 0 Å². The minimum absolute atomic E-state index is 0.0621. The minimum Gasteiger partial charge on any atom is -0.388 e. The zero-order valence-electron chi connectivity index (χ0n) is 38.8. The van der Waals surface area contributed by atoms with Crippen molar-refractivity contribution in [3.05, 3.63) is 144 Å². The average Bonchev–Trinajstić information content (AvgIpc) is 3.64. The SMILES string of the molecule is CCCCCCCCCCCCCC[C@H]1OC(C)(C)O[C@H]1[C@H](O)CO[C@H]1O[C@H](COCc2ccccc2)[C@H](OCc2ccccc2)[C@H](OCc2ccccc2)[C@H]1OCc1ccccc1. The van der Waals surface area contributed by atoms with E-state index in [9.17, 15) is 5.11 Å². The second kappa shape index (κ2) is 27.9. The van der Waals surface area contributed by atoms with Crippen molar-refractivity contribution < 1.29 is 43.0 Å². The molecule has 6 rings (SSSR count). The predicted octanol–water partition coefficient (Wildman–Crippen LogP) is 11.7. The van der Waals surface area contributed by atoms with Crippen LogP contribution in [-0.4, -0.2) is 73.1 Å². The van der Waals surface area contributed by atoms with Crippen LogP contribution >= 0.6 is 0 Å². The number of benzene rings is 4. The number of unbranched alkanes of at least 4 members (excludes halogenated alkanes) is 11. The summed E-state index contributed by atoms with van der Waals surface area (Å²) in [4.78, 5) is 0. The van der Waals surface area contributed by atoms with Crippen molar-refractivity contribution in [2.45, 2.75) is 185 Å². The van der Waals surface area contributed by atoms with Crippen LogP contribution in [0.4, 0.5) is 0 Å². The van der Waals surface area contributed by atoms with Gasteiger partial charge in [-0.05, 0) is 42.5 Å². The van der Waals surface area contributed by atoms with Gasteiger partial charge in [-0.25, -0.2) is 0 Å². The number of hydrogen-bond acceptors (Lipinski definition) is 9. The Balaban J connectivity index is 1.15. The van der Waals surface area contributed by atoms with E-state index in [1.54, 1.807) is 0 Å². The van der Waals surface area contributed by atoms with Gasteiger partial charge in [0, 0.05) is 0 Å². The quantitative estimate of drug-likeness (QED) is 0.0514. The van der Waals surface area contributed by atoms with Gasteiger partial charge in [-0.15, -0.1) is 0 Å². The van der Waals surface area contributed by atoms with Crippen molar-refractivity contribution in [3.63, 3.8) is 0 Å². The molecule has 350 valence electrons. The summed E-state index contributed by atoms with van der Waals surface area (Å²) in [6.45, 7) is 7.59. The first-order valence-corrected chi connectivity index (χ1v) is 24.3. The van der Waals surface area contributed by atoms with Gasteiger partial charge in [0.05, 0.1) is 45.7 Å². The summed E-state index contributed by atoms with van der Waals surface area (Å²) in [5.41, 5.74) is 4.09. The van der Waals surface area contributed by atoms with Gasteiger partial charge in [0.1, 0.15) is 36.6 Å². The summed E-state index contributed by atoms with van der Waals surface area (Å²) in [7, 11) is 0. The van der Waals surface area contributed by atoms with Crippen LogP contribution in [0.3, 0.4) is 0 Å². The highest BCUT2D eigenvalue weighted by Crippen LogP contribution is 2.35. The third kappa shape index (κ3) is 17.1. The van der Waals surface area contributed by atoms with Gasteiger partial charge in [-0.1, -0.05) is 205 Å². The molecule has 8 atom stereocenters. The zero-order valence-corrected chi connectivity index (χ0v) is 38.8. The van der Waals surface area contributed by atoms with E-state index in [1.165, 1.54) is 64.2 Å². The van der Waals surface area contributed by atoms with Crippen molar-refractivity contribution in [3.8, 4) is 0 Å². The van der Waals surface area contributed by atoms with Gasteiger partial charge in [0.25, 0.3) is 0 Å². The Hall–Kier alpha value is -3.48. The third-order valence-corrected chi connectivity index (χ3v) is 12.2. The summed E-state index contributed by atoms with van der Waals surface area (Å²) in [6, 6.07) is 40.3. The lowest BCUT2D eigenvalue weighted by Gasteiger charge is -2.46. The van der Waals surface area contributed by atoms with Crippen LogP contribution in [0.2, 0.25) is 0 Å². The molecule has 0 bridgehead atoms. The molecule has 0 amide bonds. The van der Waals surface area contributed by atoms with Crippen LogP contribution in [0.15, 0.2) is 121 Å². The minimum atomic E-state index is -0.981. The van der Waals surface area contributed by atoms with Gasteiger partial charge < -0.3 is 43.0 Å². The molecular weight excluding hydrogens is 805 g/mol. The van der Waals surface area contributed by atoms with E-state index in [0.29, 0.717) is 19.8 Å². The molecular formula is C55H76O9. The largest absolute Gasteiger partial charge is 0.388 e. The van der Waals surface area contributed by atoms with E-state index in [4.69, 9.17) is 37.9 Å². The van der Waals surface area contributed by atoms with E-state index in [1.807, 2.05) is 135 Å². The maximum absolute atomic E-state index is 11.9. The van der Waals surface area contributed by atoms with Gasteiger partial charge in [0.15, 0.2) is 12.1 Å². The lowest BCUT2D eigenvalue weighted by atomic mass is 9.97. The molecule has 0 spiro atoms. The Morgan fingerprint density at radius 3 is 1.44 bits per heavy atom. The molecule has 2 heterocycles. The maximum atomic E-state index is 11.9. The van der Waals surface area contributed by atoms with E-state index in [0.717, 1.165) is 41.5 Å². The van der Waals surface area contributed by atoms with Crippen molar-refractivity contribution in [1.29, 1.82) is 0 Å². The lowest BCUT2D eigenvalue weighted by molar-refractivity contribution is -0.332. The molecule has 0 radical (unpaired) electrons. The fourth-order valence-corrected chi connectivity index (χ4v) is 8.77. The number of ether oxygens (including phenoxy) is 8. The second-order valence-corrected chi connectivity index (χ2v) is 18.0. The van der Waals surface area contributed by atoms with Gasteiger partial charge in [-0.2, -0.15) is 0 Å². The highest BCUT2D eigenvalue weighted by atomic mass is 16.8. The molecule has 2 aliphatic rings. The molecule has 64 heavy (non-hydrogen) atoms. The van der Waals surface area contributed by atoms with E-state index in [-0.39, 0.29) is 25.9 Å². The number of hydrogen-bond donors (Lipinski definition) is 1. The molecule has 0 unspecified atom stereocenters. The number of aliphatic hydroxyl groups is 1. The topological polar surface area (TPSA) is 94.1 Å². The molecule has 9 heteroatoms. The molecule has 4 aromatic rings. The first kappa shape index (κ1) is 49.9. The van der Waals surface area contributed by atoms with Crippen molar-refractivity contribution in [2.75, 3.05) is 13.2 Å². The Labute approximate surface area is 384 Å². The molecule has 1 N–H and O–H groups in total. The second-order valence-electron chi connectivity index (χ2n) is 18.0. The monoisotopic (exact) mass is 881 g/mol. The molecule has 2 saturated heterocycles. The molecule has 4 aromatic carbocycles. The number of aliphatic hydroxyl groups excluding tert-OH is 1. The molecule has 2 fully saturated rings. The summed E-state index contributed by atoms with van der Waals surface area (Å²) in [6.07, 6.45) is 10.9. The van der Waals surface area contributed by atoms with Crippen LogP contribution in [-0.2, 0) is 64.3 Å². The van der Waals surface area contributed by atoms with Gasteiger partial charge >= 0.3 is 0 Å². The van der Waals surface area contributed by atoms with Crippen molar-refractivity contribution in [2.24, 2.45) is 0 Å². The standard InChI is InChI=1S/C55H76O9/c1-4-5-6-7-8-9-10-11-12-13-14-27-36-48-50(64-55(2,3)63-48)47(56)41-61-54-53(60-40-46-34-25-18-26-35-46)52(59-39-45-32-23-17-24-33-45)51(58-38-44-30-21-16-22-31-44)49(62-54)42-57-37-43-28-19-15-20-29-43/h15-26,28-35,47-54,56H,4-14,27,36-42H2,1-3H3/t47-,48-,49-,50+,51+,52+,53-,54+/m1/s1. The highest BCUT2D eigenvalue weighted by Gasteiger charge is 2.50. The number of rotatable bonds is 30. The smallest absolute Gasteiger partial charge is 0.187 e. The fraction of sp³-hybridized carbons (Fsp3) is 0.564. The van der Waals surface area contributed by atoms with Gasteiger partial charge in [-0.3, -0.25) is 0 Å². The Morgan fingerprint density at radius 1 is 0.500 bits per heavy atom. The molecule has 0 saturated carbocycles.